The smallest absolute Gasteiger partial charge is 0.259 e. The van der Waals surface area contributed by atoms with Gasteiger partial charge in [0.25, 0.3) is 5.56 Å². The molecule has 12 heteroatoms. The highest BCUT2D eigenvalue weighted by atomic mass is 35.5. The van der Waals surface area contributed by atoms with Gasteiger partial charge in [0.1, 0.15) is 11.5 Å². The molecule has 1 aromatic carbocycles. The van der Waals surface area contributed by atoms with Crippen LogP contribution in [0.2, 0.25) is 10.0 Å². The number of rotatable bonds is 9. The molecule has 0 radical (unpaired) electrons. The molecule has 1 atom stereocenters. The molecule has 2 N–H and O–H groups in total. The van der Waals surface area contributed by atoms with Gasteiger partial charge in [-0.15, -0.1) is 0 Å². The number of nitrogens with two attached hydrogens (primary N) is 1. The van der Waals surface area contributed by atoms with Crippen LogP contribution in [-0.2, 0) is 9.47 Å². The lowest BCUT2D eigenvalue weighted by Gasteiger charge is -2.25. The van der Waals surface area contributed by atoms with Crippen molar-refractivity contribution in [1.29, 1.82) is 0 Å². The molecule has 0 saturated carbocycles. The number of allylic oxidation sites excluding steroid dienone is 1. The van der Waals surface area contributed by atoms with Crippen molar-refractivity contribution in [3.8, 4) is 22.6 Å². The third kappa shape index (κ3) is 6.07. The minimum atomic E-state index is -0.262. The second-order valence-corrected chi connectivity index (χ2v) is 10.5. The number of benzene rings is 1. The lowest BCUT2D eigenvalue weighted by atomic mass is 10.0. The summed E-state index contributed by atoms with van der Waals surface area (Å²) >= 11 is 13.4. The molecule has 41 heavy (non-hydrogen) atoms. The molecule has 0 bridgehead atoms. The van der Waals surface area contributed by atoms with Crippen LogP contribution in [0.5, 0.6) is 11.5 Å². The first-order valence-corrected chi connectivity index (χ1v) is 14.2. The van der Waals surface area contributed by atoms with E-state index in [4.69, 9.17) is 47.9 Å². The standard InChI is InChI=1S/C29H33Cl2N5O5/c1-38-24-13-25(39-2)28(31)26(27(24)30)21-11-18-16-34-22(12-23(18)36(29(21)37)20-3-8-41-17-20)19(14-32)15-33-4-5-35-6-9-40-10-7-35/h11-16,20H,3-10,17,32H2,1-2H3. The van der Waals surface area contributed by atoms with E-state index in [2.05, 4.69) is 14.9 Å². The van der Waals surface area contributed by atoms with Crippen molar-refractivity contribution >= 4 is 45.9 Å². The van der Waals surface area contributed by atoms with Crippen molar-refractivity contribution in [3.05, 3.63) is 56.7 Å². The van der Waals surface area contributed by atoms with Crippen LogP contribution in [0.25, 0.3) is 27.6 Å². The summed E-state index contributed by atoms with van der Waals surface area (Å²) < 4.78 is 23.7. The Morgan fingerprint density at radius 3 is 2.49 bits per heavy atom. The molecular formula is C29H33Cl2N5O5. The van der Waals surface area contributed by atoms with Gasteiger partial charge < -0.3 is 29.2 Å². The summed E-state index contributed by atoms with van der Waals surface area (Å²) in [6.07, 6.45) is 5.60. The molecule has 1 unspecified atom stereocenters. The van der Waals surface area contributed by atoms with Gasteiger partial charge in [-0.1, -0.05) is 23.2 Å². The van der Waals surface area contributed by atoms with Gasteiger partial charge in [-0.25, -0.2) is 0 Å². The first-order valence-electron chi connectivity index (χ1n) is 13.4. The van der Waals surface area contributed by atoms with Gasteiger partial charge in [-0.2, -0.15) is 0 Å². The molecular weight excluding hydrogens is 569 g/mol. The molecule has 0 spiro atoms. The summed E-state index contributed by atoms with van der Waals surface area (Å²) in [5.74, 6) is 0.689. The molecule has 2 aromatic heterocycles. The van der Waals surface area contributed by atoms with Crippen molar-refractivity contribution < 1.29 is 18.9 Å². The number of pyridine rings is 2. The van der Waals surface area contributed by atoms with E-state index in [-0.39, 0.29) is 21.6 Å². The SMILES string of the molecule is COc1cc(OC)c(Cl)c(-c2cc3cnc(C(C=NCCN4CCOCC4)=CN)cc3n(C3CCOC3)c2=O)c1Cl. The molecule has 5 rings (SSSR count). The highest BCUT2D eigenvalue weighted by molar-refractivity contribution is 6.41. The number of aromatic nitrogens is 2. The molecule has 4 heterocycles. The second kappa shape index (κ2) is 13.2. The normalized spacial score (nSPS) is 18.4. The van der Waals surface area contributed by atoms with E-state index < -0.39 is 0 Å². The van der Waals surface area contributed by atoms with Crippen molar-refractivity contribution in [2.75, 3.05) is 66.8 Å². The fraction of sp³-hybridized carbons (Fsp3) is 0.414. The summed E-state index contributed by atoms with van der Waals surface area (Å²) in [7, 11) is 2.99. The van der Waals surface area contributed by atoms with Crippen molar-refractivity contribution in [1.82, 2.24) is 14.5 Å². The molecule has 2 aliphatic rings. The van der Waals surface area contributed by atoms with Gasteiger partial charge in [0.15, 0.2) is 0 Å². The molecule has 0 aliphatic carbocycles. The van der Waals surface area contributed by atoms with Gasteiger partial charge in [0.05, 0.1) is 73.4 Å². The molecule has 2 fully saturated rings. The number of morpholine rings is 1. The number of aliphatic imine (C=N–C) groups is 1. The van der Waals surface area contributed by atoms with Crippen LogP contribution in [0.3, 0.4) is 0 Å². The predicted octanol–water partition coefficient (Wildman–Crippen LogP) is 4.05. The van der Waals surface area contributed by atoms with Gasteiger partial charge in [0, 0.05) is 67.4 Å². The summed E-state index contributed by atoms with van der Waals surface area (Å²) in [5, 5.41) is 1.16. The van der Waals surface area contributed by atoms with Crippen molar-refractivity contribution in [2.45, 2.75) is 12.5 Å². The number of hydrogen-bond acceptors (Lipinski definition) is 9. The lowest BCUT2D eigenvalue weighted by Crippen LogP contribution is -2.37. The first kappa shape index (κ1) is 29.3. The van der Waals surface area contributed by atoms with Crippen LogP contribution in [-0.4, -0.2) is 87.5 Å². The number of hydrogen-bond donors (Lipinski definition) is 1. The zero-order chi connectivity index (χ0) is 28.9. The van der Waals surface area contributed by atoms with Crippen molar-refractivity contribution in [3.63, 3.8) is 0 Å². The Hall–Kier alpha value is -3.15. The van der Waals surface area contributed by atoms with Crippen LogP contribution in [0, 0.1) is 0 Å². The molecule has 2 saturated heterocycles. The molecule has 2 aliphatic heterocycles. The highest BCUT2D eigenvalue weighted by Crippen LogP contribution is 2.45. The number of fused-ring (bicyclic) bond motifs is 1. The monoisotopic (exact) mass is 601 g/mol. The number of ether oxygens (including phenoxy) is 4. The zero-order valence-corrected chi connectivity index (χ0v) is 24.6. The van der Waals surface area contributed by atoms with Crippen LogP contribution < -0.4 is 20.8 Å². The van der Waals surface area contributed by atoms with Crippen LogP contribution in [0.1, 0.15) is 18.2 Å². The Bertz CT molecular complexity index is 1500. The Morgan fingerprint density at radius 1 is 1.12 bits per heavy atom. The third-order valence-electron chi connectivity index (χ3n) is 7.39. The van der Waals surface area contributed by atoms with E-state index in [1.54, 1.807) is 29.1 Å². The van der Waals surface area contributed by atoms with E-state index in [0.717, 1.165) is 38.2 Å². The van der Waals surface area contributed by atoms with Gasteiger partial charge in [-0.3, -0.25) is 19.7 Å². The Kier molecular flexibility index (Phi) is 9.46. The quantitative estimate of drug-likeness (QED) is 0.365. The molecule has 10 nitrogen and oxygen atoms in total. The van der Waals surface area contributed by atoms with Crippen LogP contribution in [0.15, 0.2) is 40.4 Å². The number of methoxy groups -OCH3 is 2. The van der Waals surface area contributed by atoms with E-state index in [0.29, 0.717) is 65.6 Å². The highest BCUT2D eigenvalue weighted by Gasteiger charge is 2.27. The number of halogens is 2. The maximum Gasteiger partial charge on any atom is 0.259 e. The van der Waals surface area contributed by atoms with E-state index in [1.807, 2.05) is 6.07 Å². The lowest BCUT2D eigenvalue weighted by molar-refractivity contribution is 0.0395. The van der Waals surface area contributed by atoms with Crippen LogP contribution in [0.4, 0.5) is 0 Å². The minimum absolute atomic E-state index is 0.183. The Labute approximate surface area is 248 Å². The third-order valence-corrected chi connectivity index (χ3v) is 8.14. The molecule has 3 aromatic rings. The fourth-order valence-electron chi connectivity index (χ4n) is 5.16. The second-order valence-electron chi connectivity index (χ2n) is 9.77. The Balaban J connectivity index is 1.57. The summed E-state index contributed by atoms with van der Waals surface area (Å²) in [5.41, 5.74) is 8.33. The topological polar surface area (TPSA) is 113 Å². The molecule has 218 valence electrons. The summed E-state index contributed by atoms with van der Waals surface area (Å²) in [4.78, 5) is 25.8. The maximum atomic E-state index is 14.2. The maximum absolute atomic E-state index is 14.2. The van der Waals surface area contributed by atoms with E-state index >= 15 is 0 Å². The van der Waals surface area contributed by atoms with Gasteiger partial charge in [-0.05, 0) is 18.6 Å². The summed E-state index contributed by atoms with van der Waals surface area (Å²) in [6, 6.07) is 5.02. The van der Waals surface area contributed by atoms with E-state index in [9.17, 15) is 4.79 Å². The number of nitrogens with zero attached hydrogens (tertiary/aromatic N) is 4. The van der Waals surface area contributed by atoms with Gasteiger partial charge in [0.2, 0.25) is 0 Å². The molecule has 0 amide bonds. The minimum Gasteiger partial charge on any atom is -0.495 e. The van der Waals surface area contributed by atoms with Crippen LogP contribution >= 0.6 is 23.2 Å². The predicted molar refractivity (Wildman–Crippen MR) is 162 cm³/mol. The zero-order valence-electron chi connectivity index (χ0n) is 23.1. The fourth-order valence-corrected chi connectivity index (χ4v) is 5.86. The van der Waals surface area contributed by atoms with Crippen molar-refractivity contribution in [2.24, 2.45) is 10.7 Å². The average molecular weight is 603 g/mol. The van der Waals surface area contributed by atoms with Gasteiger partial charge >= 0.3 is 0 Å². The Morgan fingerprint density at radius 2 is 1.85 bits per heavy atom. The first-order chi connectivity index (χ1) is 20.0. The average Bonchev–Trinajstić information content (AvgIpc) is 3.52. The summed E-state index contributed by atoms with van der Waals surface area (Å²) in [6.45, 7) is 5.74. The van der Waals surface area contributed by atoms with E-state index in [1.165, 1.54) is 20.4 Å². The largest absolute Gasteiger partial charge is 0.495 e.